The SMILES string of the molecule is CC(C)(C)C1=C/C(=C/NC(C)(C)C(C)(C)N/C=C2/C=C(C(C)(C)C)C=C(C(C)(C)C)C2=O)C(=O)C(C(C)(C)C)=C1.[Cl][Ru+].[N-]=O. The van der Waals surface area contributed by atoms with Gasteiger partial charge in [-0.25, -0.2) is 0 Å². The smallest absolute Gasteiger partial charge is 0.423 e. The molecule has 0 unspecified atom stereocenters. The fourth-order valence-corrected chi connectivity index (χ4v) is 4.37. The van der Waals surface area contributed by atoms with Gasteiger partial charge in [-0.2, -0.15) is 0 Å². The Kier molecular flexibility index (Phi) is 14.3. The second kappa shape index (κ2) is 15.0. The van der Waals surface area contributed by atoms with Crippen LogP contribution in [0.15, 0.2) is 70.1 Å². The first-order chi connectivity index (χ1) is 19.7. The molecule has 0 fully saturated rings. The number of halogens is 1. The number of Topliss-reactive ketones (excluding diaryl/α,β-unsaturated/α-hetero) is 2. The molecule has 0 saturated carbocycles. The molecular formula is C36H56ClN3O3Ru. The molecule has 0 atom stereocenters. The number of rotatable bonds is 5. The van der Waals surface area contributed by atoms with Crippen LogP contribution in [0.4, 0.5) is 0 Å². The molecule has 8 heteroatoms. The van der Waals surface area contributed by atoms with E-state index in [1.807, 2.05) is 41.9 Å². The molecule has 0 amide bonds. The van der Waals surface area contributed by atoms with Crippen molar-refractivity contribution in [2.24, 2.45) is 21.7 Å². The average molecular weight is 715 g/mol. The van der Waals surface area contributed by atoms with E-state index in [1.165, 1.54) is 0 Å². The Labute approximate surface area is 281 Å². The van der Waals surface area contributed by atoms with Gasteiger partial charge in [0.25, 0.3) is 0 Å². The zero-order valence-electron chi connectivity index (χ0n) is 29.9. The van der Waals surface area contributed by atoms with Crippen molar-refractivity contribution in [2.45, 2.75) is 122 Å². The summed E-state index contributed by atoms with van der Waals surface area (Å²) >= 11 is 1.82. The quantitative estimate of drug-likeness (QED) is 0.218. The van der Waals surface area contributed by atoms with Gasteiger partial charge in [0, 0.05) is 34.7 Å². The number of nitroso groups, excluding NO2 is 1. The molecular weight excluding hydrogens is 659 g/mol. The Morgan fingerprint density at radius 1 is 0.523 bits per heavy atom. The molecule has 0 saturated heterocycles. The van der Waals surface area contributed by atoms with Crippen LogP contribution in [0.3, 0.4) is 0 Å². The van der Waals surface area contributed by atoms with Crippen molar-refractivity contribution in [3.8, 4) is 0 Å². The zero-order chi connectivity index (χ0) is 35.3. The number of carbonyl (C=O) groups excluding carboxylic acids is 2. The van der Waals surface area contributed by atoms with Crippen molar-refractivity contribution in [3.63, 3.8) is 0 Å². The summed E-state index contributed by atoms with van der Waals surface area (Å²) in [5.41, 5.74) is 9.43. The molecule has 248 valence electrons. The van der Waals surface area contributed by atoms with Crippen molar-refractivity contribution in [2.75, 3.05) is 0 Å². The number of ketones is 2. The van der Waals surface area contributed by atoms with Crippen LogP contribution >= 0.6 is 9.69 Å². The Bertz CT molecular complexity index is 1170. The molecule has 0 aromatic carbocycles. The molecule has 0 bridgehead atoms. The molecule has 2 aliphatic carbocycles. The Balaban J connectivity index is 0.00000443. The summed E-state index contributed by atoms with van der Waals surface area (Å²) in [6.45, 7) is 34.0. The van der Waals surface area contributed by atoms with Crippen LogP contribution in [0.5, 0.6) is 0 Å². The first kappa shape index (κ1) is 41.9. The number of hydrogen-bond donors (Lipinski definition) is 2. The van der Waals surface area contributed by atoms with Crippen molar-refractivity contribution >= 4 is 21.3 Å². The number of hydrogen-bond acceptors (Lipinski definition) is 5. The summed E-state index contributed by atoms with van der Waals surface area (Å²) in [7, 11) is 4.57. The molecule has 6 nitrogen and oxygen atoms in total. The number of carbonyl (C=O) groups is 2. The standard InChI is InChI=1S/C36H56N2O2.ClH.NO.Ru/c1-31(2,3)25-17-23(29(39)27(19-25)33(7,8)9)21-37-35(13,14)36(15,16)38-22-24-18-26(32(4,5)6)20-28(30(24)40)34(10,11)12;;1-2;/h17-22,37-38H,1-16H3;1H;;/q;;-1;+2/p-1/b23-21-,24-22-;;;. The van der Waals surface area contributed by atoms with E-state index < -0.39 is 11.1 Å². The van der Waals surface area contributed by atoms with Gasteiger partial charge in [0.2, 0.25) is 0 Å². The summed E-state index contributed by atoms with van der Waals surface area (Å²) in [5.74, 6) is 0.122. The third-order valence-electron chi connectivity index (χ3n) is 8.32. The van der Waals surface area contributed by atoms with E-state index in [4.69, 9.17) is 10.5 Å². The van der Waals surface area contributed by atoms with Crippen LogP contribution in [0.25, 0.3) is 5.59 Å². The third kappa shape index (κ3) is 10.8. The predicted octanol–water partition coefficient (Wildman–Crippen LogP) is 9.56. The Hall–Kier alpha value is -2.11. The molecule has 2 aliphatic rings. The van der Waals surface area contributed by atoms with E-state index >= 15 is 0 Å². The molecule has 0 aromatic heterocycles. The second-order valence-corrected chi connectivity index (χ2v) is 16.7. The van der Waals surface area contributed by atoms with Crippen LogP contribution in [0.1, 0.15) is 111 Å². The zero-order valence-corrected chi connectivity index (χ0v) is 32.4. The fourth-order valence-electron chi connectivity index (χ4n) is 4.37. The van der Waals surface area contributed by atoms with Crippen molar-refractivity contribution < 1.29 is 26.9 Å². The Morgan fingerprint density at radius 3 is 0.977 bits per heavy atom. The van der Waals surface area contributed by atoms with Crippen molar-refractivity contribution in [1.29, 1.82) is 0 Å². The summed E-state index contributed by atoms with van der Waals surface area (Å²) < 4.78 is 0. The van der Waals surface area contributed by atoms with Crippen molar-refractivity contribution in [3.05, 3.63) is 80.6 Å². The fraction of sp³-hybridized carbons (Fsp3) is 0.611. The summed E-state index contributed by atoms with van der Waals surface area (Å²) in [4.78, 5) is 34.3. The van der Waals surface area contributed by atoms with Gasteiger partial charge >= 0.3 is 27.0 Å². The third-order valence-corrected chi connectivity index (χ3v) is 8.32. The molecule has 2 rings (SSSR count). The van der Waals surface area contributed by atoms with E-state index in [2.05, 4.69) is 143 Å². The Morgan fingerprint density at radius 2 is 0.773 bits per heavy atom. The van der Waals surface area contributed by atoms with Crippen LogP contribution < -0.4 is 10.6 Å². The van der Waals surface area contributed by atoms with Gasteiger partial charge in [-0.05, 0) is 72.7 Å². The van der Waals surface area contributed by atoms with Gasteiger partial charge < -0.3 is 21.1 Å². The van der Waals surface area contributed by atoms with E-state index in [0.717, 1.165) is 22.3 Å². The molecule has 2 N–H and O–H groups in total. The first-order valence-corrected chi connectivity index (χ1v) is 17.2. The largest absolute Gasteiger partial charge is 0.577 e. The normalized spacial score (nSPS) is 18.7. The first-order valence-electron chi connectivity index (χ1n) is 14.9. The minimum absolute atomic E-state index is 0.0610. The van der Waals surface area contributed by atoms with E-state index in [0.29, 0.717) is 11.1 Å². The van der Waals surface area contributed by atoms with E-state index in [-0.39, 0.29) is 33.2 Å². The minimum atomic E-state index is -0.465. The maximum Gasteiger partial charge on any atom is -0.423 e. The molecule has 0 heterocycles. The second-order valence-electron chi connectivity index (χ2n) is 16.7. The minimum Gasteiger partial charge on any atom is -0.577 e. The number of allylic oxidation sites excluding steroid dienone is 10. The summed E-state index contributed by atoms with van der Waals surface area (Å²) in [6, 6.07) is 0. The molecule has 0 spiro atoms. The predicted molar refractivity (Wildman–Crippen MR) is 183 cm³/mol. The van der Waals surface area contributed by atoms with Gasteiger partial charge in [-0.15, -0.1) is 0 Å². The van der Waals surface area contributed by atoms with Gasteiger partial charge in [0.1, 0.15) is 0 Å². The van der Waals surface area contributed by atoms with Crippen LogP contribution in [0, 0.1) is 26.6 Å². The number of nitrogens with one attached hydrogen (secondary N) is 2. The van der Waals surface area contributed by atoms with E-state index in [1.54, 1.807) is 0 Å². The maximum atomic E-state index is 13.5. The van der Waals surface area contributed by atoms with Gasteiger partial charge in [-0.3, -0.25) is 9.59 Å². The summed E-state index contributed by atoms with van der Waals surface area (Å²) in [5, 5.41) is 7.10. The molecule has 0 radical (unpaired) electrons. The monoisotopic (exact) mass is 715 g/mol. The maximum absolute atomic E-state index is 13.5. The molecule has 0 aromatic rings. The number of nitrogens with zero attached hydrogens (tertiary/aromatic N) is 1. The van der Waals surface area contributed by atoms with Gasteiger partial charge in [-0.1, -0.05) is 95.2 Å². The average Bonchev–Trinajstić information content (AvgIpc) is 2.87. The van der Waals surface area contributed by atoms with Crippen molar-refractivity contribution in [1.82, 2.24) is 10.6 Å². The van der Waals surface area contributed by atoms with Crippen LogP contribution in [-0.4, -0.2) is 22.6 Å². The van der Waals surface area contributed by atoms with Crippen LogP contribution in [0.2, 0.25) is 0 Å². The summed E-state index contributed by atoms with van der Waals surface area (Å²) in [6.07, 6.45) is 11.9. The van der Waals surface area contributed by atoms with E-state index in [9.17, 15) is 9.59 Å². The van der Waals surface area contributed by atoms with Gasteiger partial charge in [0.05, 0.1) is 11.1 Å². The van der Waals surface area contributed by atoms with Crippen LogP contribution in [-0.2, 0) is 26.9 Å². The topological polar surface area (TPSA) is 97.6 Å². The molecule has 0 aliphatic heterocycles. The van der Waals surface area contributed by atoms with Gasteiger partial charge in [0.15, 0.2) is 11.6 Å². The molecule has 44 heavy (non-hydrogen) atoms.